The van der Waals surface area contributed by atoms with E-state index in [4.69, 9.17) is 0 Å². The van der Waals surface area contributed by atoms with Crippen LogP contribution in [0, 0.1) is 0 Å². The molecular weight excluding hydrogens is 189 g/mol. The van der Waals surface area contributed by atoms with Crippen molar-refractivity contribution in [2.45, 2.75) is 0 Å². The summed E-state index contributed by atoms with van der Waals surface area (Å²) in [4.78, 5) is 0. The first-order chi connectivity index (χ1) is 0. The normalized spacial score (nSPS) is 0. The molecule has 0 aliphatic rings. The summed E-state index contributed by atoms with van der Waals surface area (Å²) in [7, 11) is 0. The Labute approximate surface area is 84.6 Å². The molecule has 52 valence electrons. The second kappa shape index (κ2) is 200. The molecule has 0 unspecified atom stereocenters. The maximum absolute atomic E-state index is 0. The Hall–Kier alpha value is 1.57. The molecule has 0 atom stereocenters. The summed E-state index contributed by atoms with van der Waals surface area (Å²) in [6, 6.07) is 0. The van der Waals surface area contributed by atoms with Crippen molar-refractivity contribution in [2.24, 2.45) is 0 Å². The SMILES string of the molecule is O.O.O.O.O.[H-].[Li+].[V].[V]. The van der Waals surface area contributed by atoms with Crippen molar-refractivity contribution in [1.29, 1.82) is 0 Å². The van der Waals surface area contributed by atoms with Gasteiger partial charge in [0.1, 0.15) is 0 Å². The molecule has 0 aliphatic heterocycles. The van der Waals surface area contributed by atoms with Crippen LogP contribution in [0.5, 0.6) is 0 Å². The van der Waals surface area contributed by atoms with Gasteiger partial charge in [-0.2, -0.15) is 0 Å². The van der Waals surface area contributed by atoms with Crippen LogP contribution in [-0.2, 0) is 37.1 Å². The number of rotatable bonds is 0. The first-order valence-electron chi connectivity index (χ1n) is 0. The van der Waals surface area contributed by atoms with Crippen molar-refractivity contribution in [3.63, 3.8) is 0 Å². The van der Waals surface area contributed by atoms with E-state index in [1.165, 1.54) is 0 Å². The number of hydrogen-bond acceptors (Lipinski definition) is 0. The van der Waals surface area contributed by atoms with Crippen LogP contribution in [-0.4, -0.2) is 27.4 Å². The maximum Gasteiger partial charge on any atom is 1.00 e. The van der Waals surface area contributed by atoms with E-state index in [9.17, 15) is 0 Å². The van der Waals surface area contributed by atoms with Crippen molar-refractivity contribution in [2.75, 3.05) is 0 Å². The Bertz CT molecular complexity index is 14.9. The minimum absolute atomic E-state index is 0. The third-order valence-electron chi connectivity index (χ3n) is 0. The summed E-state index contributed by atoms with van der Waals surface area (Å²) in [5.74, 6) is 0. The molecule has 10 N–H and O–H groups in total. The Morgan fingerprint density at radius 3 is 0.500 bits per heavy atom. The van der Waals surface area contributed by atoms with Crippen LogP contribution in [0.2, 0.25) is 0 Å². The van der Waals surface area contributed by atoms with Gasteiger partial charge in [0.2, 0.25) is 0 Å². The Kier molecular flexibility index (Phi) is 7150. The molecule has 0 amide bonds. The molecule has 0 spiro atoms. The fourth-order valence-corrected chi connectivity index (χ4v) is 0. The molecule has 0 aliphatic carbocycles. The van der Waals surface area contributed by atoms with E-state index >= 15 is 0 Å². The second-order valence-electron chi connectivity index (χ2n) is 0. The Morgan fingerprint density at radius 2 is 0.500 bits per heavy atom. The molecule has 8 heteroatoms. The molecule has 5 nitrogen and oxygen atoms in total. The average Bonchev–Trinajstić information content (AvgIpc) is 0. The molecule has 0 aromatic rings. The predicted octanol–water partition coefficient (Wildman–Crippen LogP) is -7.01. The zero-order chi connectivity index (χ0) is 0. The van der Waals surface area contributed by atoms with Crippen molar-refractivity contribution in [1.82, 2.24) is 0 Å². The summed E-state index contributed by atoms with van der Waals surface area (Å²) >= 11 is 0. The van der Waals surface area contributed by atoms with Crippen LogP contribution < -0.4 is 18.9 Å². The molecule has 0 rings (SSSR count). The molecule has 0 heterocycles. The van der Waals surface area contributed by atoms with Crippen LogP contribution in [0.1, 0.15) is 1.43 Å². The van der Waals surface area contributed by atoms with Gasteiger partial charge >= 0.3 is 18.9 Å². The van der Waals surface area contributed by atoms with E-state index in [0.717, 1.165) is 0 Å². The average molecular weight is 200 g/mol. The minimum Gasteiger partial charge on any atom is -1.00 e. The van der Waals surface area contributed by atoms with Gasteiger partial charge in [-0.25, -0.2) is 0 Å². The van der Waals surface area contributed by atoms with Gasteiger partial charge in [0, 0.05) is 37.1 Å². The molecule has 0 aromatic heterocycles. The first-order valence-corrected chi connectivity index (χ1v) is 0. The van der Waals surface area contributed by atoms with Crippen molar-refractivity contribution in [3.8, 4) is 0 Å². The van der Waals surface area contributed by atoms with Gasteiger partial charge in [-0.15, -0.1) is 0 Å². The summed E-state index contributed by atoms with van der Waals surface area (Å²) in [5, 5.41) is 0. The van der Waals surface area contributed by atoms with Gasteiger partial charge in [0.05, 0.1) is 0 Å². The zero-order valence-electron chi connectivity index (χ0n) is 5.39. The van der Waals surface area contributed by atoms with Crippen molar-refractivity contribution >= 4 is 0 Å². The van der Waals surface area contributed by atoms with Gasteiger partial charge in [-0.1, -0.05) is 0 Å². The van der Waals surface area contributed by atoms with Gasteiger partial charge in [-0.3, -0.25) is 0 Å². The van der Waals surface area contributed by atoms with Gasteiger partial charge in [0.25, 0.3) is 0 Å². The fourth-order valence-electron chi connectivity index (χ4n) is 0. The van der Waals surface area contributed by atoms with Gasteiger partial charge in [0.15, 0.2) is 0 Å². The van der Waals surface area contributed by atoms with Crippen LogP contribution in [0.4, 0.5) is 0 Å². The monoisotopic (exact) mass is 200 g/mol. The van der Waals surface area contributed by atoms with E-state index < -0.39 is 0 Å². The van der Waals surface area contributed by atoms with Crippen LogP contribution in [0.25, 0.3) is 0 Å². The van der Waals surface area contributed by atoms with Crippen LogP contribution >= 0.6 is 0 Å². The first kappa shape index (κ1) is 286. The summed E-state index contributed by atoms with van der Waals surface area (Å²) < 4.78 is 0. The maximum atomic E-state index is 0. The summed E-state index contributed by atoms with van der Waals surface area (Å²) in [6.45, 7) is 0. The molecule has 8 heavy (non-hydrogen) atoms. The second-order valence-corrected chi connectivity index (χ2v) is 0. The Morgan fingerprint density at radius 1 is 0.500 bits per heavy atom. The van der Waals surface area contributed by atoms with Crippen LogP contribution in [0.3, 0.4) is 0 Å². The summed E-state index contributed by atoms with van der Waals surface area (Å²) in [5.41, 5.74) is 0. The van der Waals surface area contributed by atoms with Crippen LogP contribution in [0.15, 0.2) is 0 Å². The number of hydrogen-bond donors (Lipinski definition) is 0. The molecular formula is H11LiO5V2. The third kappa shape index (κ3) is 133. The molecule has 0 saturated carbocycles. The zero-order valence-corrected chi connectivity index (χ0v) is 7.19. The van der Waals surface area contributed by atoms with E-state index in [-0.39, 0.29) is 84.8 Å². The smallest absolute Gasteiger partial charge is 1.00 e. The molecule has 0 aromatic carbocycles. The fraction of sp³-hybridized carbons (Fsp3) is 0. The summed E-state index contributed by atoms with van der Waals surface area (Å²) in [6.07, 6.45) is 0. The minimum atomic E-state index is 0. The van der Waals surface area contributed by atoms with Gasteiger partial charge < -0.3 is 28.8 Å². The largest absolute Gasteiger partial charge is 1.00 e. The van der Waals surface area contributed by atoms with E-state index in [2.05, 4.69) is 0 Å². The molecule has 2 radical (unpaired) electrons. The molecule has 0 bridgehead atoms. The van der Waals surface area contributed by atoms with E-state index in [1.54, 1.807) is 0 Å². The standard InChI is InChI=1S/Li.5H2O.2V.H/h;5*1H2;;;/q+1;;;;;;;;-1. The van der Waals surface area contributed by atoms with E-state index in [1.807, 2.05) is 0 Å². The molecule has 0 saturated heterocycles. The Balaban J connectivity index is 0. The van der Waals surface area contributed by atoms with Crippen molar-refractivity contribution < 1.29 is 84.8 Å². The van der Waals surface area contributed by atoms with E-state index in [0.29, 0.717) is 0 Å². The van der Waals surface area contributed by atoms with Gasteiger partial charge in [-0.05, 0) is 0 Å². The predicted molar refractivity (Wildman–Crippen MR) is 19.2 cm³/mol. The molecule has 0 fully saturated rings. The quantitative estimate of drug-likeness (QED) is 0.340. The topological polar surface area (TPSA) is 158 Å². The van der Waals surface area contributed by atoms with Crippen molar-refractivity contribution in [3.05, 3.63) is 0 Å². The third-order valence-corrected chi connectivity index (χ3v) is 0.